The van der Waals surface area contributed by atoms with E-state index < -0.39 is 0 Å². The number of carbonyl (C=O) groups is 1. The average Bonchev–Trinajstić information content (AvgIpc) is 2.31. The van der Waals surface area contributed by atoms with E-state index in [0.29, 0.717) is 0 Å². The molecule has 0 aromatic heterocycles. The first-order chi connectivity index (χ1) is 7.75. The summed E-state index contributed by atoms with van der Waals surface area (Å²) < 4.78 is 0. The summed E-state index contributed by atoms with van der Waals surface area (Å²) in [5, 5.41) is 0. The van der Waals surface area contributed by atoms with Crippen LogP contribution in [0.4, 0.5) is 4.79 Å². The number of amides is 1. The molecule has 0 unspecified atom stereocenters. The van der Waals surface area contributed by atoms with Crippen LogP contribution in [0.5, 0.6) is 0 Å². The van der Waals surface area contributed by atoms with Gasteiger partial charge in [-0.3, -0.25) is 9.69 Å². The first-order valence-electron chi connectivity index (χ1n) is 5.46. The molecule has 2 rings (SSSR count). The van der Waals surface area contributed by atoms with Gasteiger partial charge in [0, 0.05) is 48.7 Å². The van der Waals surface area contributed by atoms with E-state index in [1.165, 1.54) is 5.56 Å². The quantitative estimate of drug-likeness (QED) is 0.614. The minimum Gasteiger partial charge on any atom is -0.331 e. The summed E-state index contributed by atoms with van der Waals surface area (Å²) in [5.74, 6) is 0. The maximum absolute atomic E-state index is 11.1. The van der Waals surface area contributed by atoms with Crippen LogP contribution in [0.3, 0.4) is 0 Å². The Morgan fingerprint density at radius 2 is 1.75 bits per heavy atom. The van der Waals surface area contributed by atoms with Crippen molar-refractivity contribution in [2.45, 2.75) is 6.54 Å². The third-order valence-corrected chi connectivity index (χ3v) is 3.37. The number of hydrogen-bond acceptors (Lipinski definition) is 2. The van der Waals surface area contributed by atoms with Crippen molar-refractivity contribution >= 4 is 20.7 Å². The number of benzene rings is 1. The molecule has 1 aliphatic rings. The standard InChI is InChI=1S/C12H15BrN2O/c13-12(16)15-8-6-14(7-9-15)10-11-4-2-1-3-5-11/h1-5H,6-10H2. The summed E-state index contributed by atoms with van der Waals surface area (Å²) in [6.45, 7) is 4.51. The number of rotatable bonds is 2. The summed E-state index contributed by atoms with van der Waals surface area (Å²) in [5.41, 5.74) is 1.33. The number of carbonyl (C=O) groups excluding carboxylic acids is 1. The highest BCUT2D eigenvalue weighted by molar-refractivity contribution is 9.18. The molecule has 0 spiro atoms. The molecule has 0 aliphatic carbocycles. The topological polar surface area (TPSA) is 23.6 Å². The fraction of sp³-hybridized carbons (Fsp3) is 0.417. The first-order valence-corrected chi connectivity index (χ1v) is 6.26. The van der Waals surface area contributed by atoms with Crippen LogP contribution >= 0.6 is 15.9 Å². The van der Waals surface area contributed by atoms with Crippen LogP contribution in [-0.2, 0) is 6.54 Å². The van der Waals surface area contributed by atoms with E-state index in [1.807, 2.05) is 11.0 Å². The van der Waals surface area contributed by atoms with E-state index in [9.17, 15) is 4.79 Å². The van der Waals surface area contributed by atoms with Crippen molar-refractivity contribution < 1.29 is 4.79 Å². The zero-order chi connectivity index (χ0) is 11.4. The molecule has 0 N–H and O–H groups in total. The Hall–Kier alpha value is -0.870. The van der Waals surface area contributed by atoms with Crippen LogP contribution in [0.1, 0.15) is 5.56 Å². The molecule has 0 saturated carbocycles. The lowest BCUT2D eigenvalue weighted by atomic mass is 10.2. The van der Waals surface area contributed by atoms with Crippen LogP contribution in [0.2, 0.25) is 0 Å². The minimum absolute atomic E-state index is 0.00635. The second kappa shape index (κ2) is 5.46. The van der Waals surface area contributed by atoms with Crippen molar-refractivity contribution in [2.24, 2.45) is 0 Å². The third-order valence-electron chi connectivity index (χ3n) is 2.87. The van der Waals surface area contributed by atoms with Gasteiger partial charge in [0.05, 0.1) is 0 Å². The van der Waals surface area contributed by atoms with Gasteiger partial charge < -0.3 is 4.90 Å². The fourth-order valence-electron chi connectivity index (χ4n) is 1.92. The summed E-state index contributed by atoms with van der Waals surface area (Å²) >= 11 is 2.99. The predicted octanol–water partition coefficient (Wildman–Crippen LogP) is 2.32. The molecule has 1 aromatic carbocycles. The lowest BCUT2D eigenvalue weighted by Gasteiger charge is -2.33. The Morgan fingerprint density at radius 1 is 1.12 bits per heavy atom. The van der Waals surface area contributed by atoms with Gasteiger partial charge in [0.1, 0.15) is 0 Å². The van der Waals surface area contributed by atoms with Gasteiger partial charge in [-0.05, 0) is 5.56 Å². The number of piperazine rings is 1. The Balaban J connectivity index is 1.84. The van der Waals surface area contributed by atoms with Gasteiger partial charge >= 0.3 is 0 Å². The lowest BCUT2D eigenvalue weighted by molar-refractivity contribution is 0.150. The van der Waals surface area contributed by atoms with E-state index in [2.05, 4.69) is 45.1 Å². The molecule has 4 heteroatoms. The molecule has 1 fully saturated rings. The fourth-order valence-corrected chi connectivity index (χ4v) is 2.28. The van der Waals surface area contributed by atoms with Gasteiger partial charge in [-0.25, -0.2) is 0 Å². The summed E-state index contributed by atoms with van der Waals surface area (Å²) in [7, 11) is 0. The molecule has 1 saturated heterocycles. The van der Waals surface area contributed by atoms with E-state index in [0.717, 1.165) is 32.7 Å². The summed E-state index contributed by atoms with van der Waals surface area (Å²) in [6, 6.07) is 10.4. The van der Waals surface area contributed by atoms with Crippen molar-refractivity contribution in [1.29, 1.82) is 0 Å². The Bertz CT molecular complexity index is 347. The minimum atomic E-state index is 0.00635. The molecule has 1 amide bonds. The largest absolute Gasteiger partial charge is 0.331 e. The first kappa shape index (κ1) is 11.6. The monoisotopic (exact) mass is 282 g/mol. The maximum atomic E-state index is 11.1. The van der Waals surface area contributed by atoms with Crippen LogP contribution in [0.25, 0.3) is 0 Å². The molecular formula is C12H15BrN2O. The summed E-state index contributed by atoms with van der Waals surface area (Å²) in [4.78, 5) is 15.3. The van der Waals surface area contributed by atoms with E-state index in [4.69, 9.17) is 0 Å². The number of nitrogens with zero attached hydrogens (tertiary/aromatic N) is 2. The van der Waals surface area contributed by atoms with Crippen molar-refractivity contribution in [3.8, 4) is 0 Å². The Morgan fingerprint density at radius 3 is 2.31 bits per heavy atom. The molecule has 3 nitrogen and oxygen atoms in total. The predicted molar refractivity (Wildman–Crippen MR) is 67.6 cm³/mol. The Labute approximate surface area is 104 Å². The molecule has 0 bridgehead atoms. The van der Waals surface area contributed by atoms with Crippen molar-refractivity contribution in [3.63, 3.8) is 0 Å². The van der Waals surface area contributed by atoms with Gasteiger partial charge in [0.2, 0.25) is 0 Å². The number of halogens is 1. The maximum Gasteiger partial charge on any atom is 0.289 e. The molecule has 1 aromatic rings. The van der Waals surface area contributed by atoms with Crippen LogP contribution in [0, 0.1) is 0 Å². The zero-order valence-electron chi connectivity index (χ0n) is 9.10. The van der Waals surface area contributed by atoms with Crippen molar-refractivity contribution in [3.05, 3.63) is 35.9 Å². The van der Waals surface area contributed by atoms with Crippen LogP contribution < -0.4 is 0 Å². The second-order valence-electron chi connectivity index (χ2n) is 4.00. The van der Waals surface area contributed by atoms with Gasteiger partial charge in [-0.2, -0.15) is 0 Å². The SMILES string of the molecule is O=C(Br)N1CCN(Cc2ccccc2)CC1. The van der Waals surface area contributed by atoms with Crippen molar-refractivity contribution in [1.82, 2.24) is 9.80 Å². The highest BCUT2D eigenvalue weighted by Crippen LogP contribution is 2.10. The van der Waals surface area contributed by atoms with E-state index in [-0.39, 0.29) is 4.82 Å². The van der Waals surface area contributed by atoms with Crippen LogP contribution in [0.15, 0.2) is 30.3 Å². The average molecular weight is 283 g/mol. The van der Waals surface area contributed by atoms with Gasteiger partial charge in [-0.15, -0.1) is 0 Å². The molecule has 0 atom stereocenters. The Kier molecular flexibility index (Phi) is 3.96. The highest BCUT2D eigenvalue weighted by Gasteiger charge is 2.18. The molecule has 16 heavy (non-hydrogen) atoms. The third kappa shape index (κ3) is 3.06. The highest BCUT2D eigenvalue weighted by atomic mass is 79.9. The summed E-state index contributed by atoms with van der Waals surface area (Å²) in [6.07, 6.45) is 0. The second-order valence-corrected chi connectivity index (χ2v) is 4.68. The van der Waals surface area contributed by atoms with Gasteiger partial charge in [-0.1, -0.05) is 30.3 Å². The van der Waals surface area contributed by atoms with Crippen LogP contribution in [-0.4, -0.2) is 40.8 Å². The molecular weight excluding hydrogens is 268 g/mol. The zero-order valence-corrected chi connectivity index (χ0v) is 10.7. The normalized spacial score (nSPS) is 17.4. The number of hydrogen-bond donors (Lipinski definition) is 0. The van der Waals surface area contributed by atoms with Crippen molar-refractivity contribution in [2.75, 3.05) is 26.2 Å². The molecule has 0 radical (unpaired) electrons. The molecule has 1 heterocycles. The lowest BCUT2D eigenvalue weighted by Crippen LogP contribution is -2.46. The molecule has 1 aliphatic heterocycles. The van der Waals surface area contributed by atoms with E-state index >= 15 is 0 Å². The molecule has 86 valence electrons. The smallest absolute Gasteiger partial charge is 0.289 e. The van der Waals surface area contributed by atoms with E-state index in [1.54, 1.807) is 0 Å². The van der Waals surface area contributed by atoms with Gasteiger partial charge in [0.25, 0.3) is 4.82 Å². The van der Waals surface area contributed by atoms with Gasteiger partial charge in [0.15, 0.2) is 0 Å².